The third-order valence-electron chi connectivity index (χ3n) is 4.79. The van der Waals surface area contributed by atoms with Crippen molar-refractivity contribution in [2.24, 2.45) is 0 Å². The predicted molar refractivity (Wildman–Crippen MR) is 111 cm³/mol. The molecule has 7 nitrogen and oxygen atoms in total. The largest absolute Gasteiger partial charge is 0.462 e. The maximum absolute atomic E-state index is 12.4. The number of nitrogens with zero attached hydrogens (tertiary/aromatic N) is 4. The Morgan fingerprint density at radius 3 is 2.86 bits per heavy atom. The highest BCUT2D eigenvalue weighted by atomic mass is 32.1. The van der Waals surface area contributed by atoms with Crippen molar-refractivity contribution < 1.29 is 14.3 Å². The zero-order valence-corrected chi connectivity index (χ0v) is 17.1. The van der Waals surface area contributed by atoms with Crippen LogP contribution in [0.1, 0.15) is 27.7 Å². The van der Waals surface area contributed by atoms with Crippen LogP contribution in [0.4, 0.5) is 5.82 Å². The Hall–Kier alpha value is -3.02. The fraction of sp³-hybridized carbons (Fsp3) is 0.333. The van der Waals surface area contributed by atoms with Crippen molar-refractivity contribution in [3.8, 4) is 17.5 Å². The number of morpholine rings is 1. The van der Waals surface area contributed by atoms with E-state index in [1.54, 1.807) is 19.1 Å². The van der Waals surface area contributed by atoms with Gasteiger partial charge in [-0.2, -0.15) is 5.26 Å². The van der Waals surface area contributed by atoms with E-state index in [0.717, 1.165) is 27.2 Å². The average Bonchev–Trinajstić information content (AvgIpc) is 3.10. The van der Waals surface area contributed by atoms with Crippen molar-refractivity contribution in [2.75, 3.05) is 37.8 Å². The summed E-state index contributed by atoms with van der Waals surface area (Å²) >= 11 is 1.32. The molecule has 0 amide bonds. The van der Waals surface area contributed by atoms with E-state index in [2.05, 4.69) is 11.0 Å². The molecule has 8 heteroatoms. The van der Waals surface area contributed by atoms with Gasteiger partial charge in [-0.05, 0) is 31.5 Å². The van der Waals surface area contributed by atoms with Gasteiger partial charge in [0.05, 0.1) is 36.8 Å². The van der Waals surface area contributed by atoms with E-state index >= 15 is 0 Å². The number of anilines is 1. The van der Waals surface area contributed by atoms with Gasteiger partial charge in [0, 0.05) is 18.7 Å². The minimum absolute atomic E-state index is 0.320. The number of esters is 1. The number of aryl methyl sites for hydroxylation is 1. The van der Waals surface area contributed by atoms with Gasteiger partial charge in [-0.15, -0.1) is 11.3 Å². The maximum atomic E-state index is 12.4. The standard InChI is InChI=1S/C21H20N4O3S/c1-3-28-21(26)17-13(2)16-19(25-7-9-27-10-8-25)23-18(24-20(16)29-17)15-6-4-5-14(11-15)12-22/h4-6,11H,3,7-10H2,1-2H3. The van der Waals surface area contributed by atoms with Crippen LogP contribution in [0.25, 0.3) is 21.6 Å². The molecule has 3 heterocycles. The van der Waals surface area contributed by atoms with Gasteiger partial charge in [0.1, 0.15) is 15.5 Å². The van der Waals surface area contributed by atoms with Crippen LogP contribution in [0.5, 0.6) is 0 Å². The molecule has 1 saturated heterocycles. The van der Waals surface area contributed by atoms with Crippen LogP contribution in [-0.2, 0) is 9.47 Å². The van der Waals surface area contributed by atoms with Gasteiger partial charge in [-0.25, -0.2) is 14.8 Å². The smallest absolute Gasteiger partial charge is 0.348 e. The molecule has 4 rings (SSSR count). The minimum atomic E-state index is -0.339. The normalized spacial score (nSPS) is 14.0. The van der Waals surface area contributed by atoms with Crippen molar-refractivity contribution in [1.29, 1.82) is 5.26 Å². The van der Waals surface area contributed by atoms with Crippen molar-refractivity contribution >= 4 is 33.3 Å². The van der Waals surface area contributed by atoms with Crippen LogP contribution in [0.2, 0.25) is 0 Å². The first kappa shape index (κ1) is 19.3. The van der Waals surface area contributed by atoms with Gasteiger partial charge in [-0.3, -0.25) is 0 Å². The molecule has 0 spiro atoms. The molecule has 0 bridgehead atoms. The summed E-state index contributed by atoms with van der Waals surface area (Å²) in [5, 5.41) is 10.1. The van der Waals surface area contributed by atoms with Gasteiger partial charge in [-0.1, -0.05) is 12.1 Å². The lowest BCUT2D eigenvalue weighted by molar-refractivity contribution is 0.0531. The number of hydrogen-bond donors (Lipinski definition) is 0. The molecule has 3 aromatic rings. The molecule has 2 aromatic heterocycles. The molecule has 0 atom stereocenters. The molecule has 0 saturated carbocycles. The van der Waals surface area contributed by atoms with Crippen LogP contribution in [0.3, 0.4) is 0 Å². The summed E-state index contributed by atoms with van der Waals surface area (Å²) in [5.74, 6) is 0.988. The monoisotopic (exact) mass is 408 g/mol. The van der Waals surface area contributed by atoms with E-state index in [1.165, 1.54) is 11.3 Å². The summed E-state index contributed by atoms with van der Waals surface area (Å²) in [6.45, 7) is 6.70. The van der Waals surface area contributed by atoms with Crippen LogP contribution < -0.4 is 4.90 Å². The number of fused-ring (bicyclic) bond motifs is 1. The molecule has 29 heavy (non-hydrogen) atoms. The number of carbonyl (C=O) groups is 1. The number of benzene rings is 1. The summed E-state index contributed by atoms with van der Waals surface area (Å²) in [7, 11) is 0. The van der Waals surface area contributed by atoms with Gasteiger partial charge >= 0.3 is 5.97 Å². The second kappa shape index (κ2) is 8.15. The quantitative estimate of drug-likeness (QED) is 0.610. The van der Waals surface area contributed by atoms with Gasteiger partial charge in [0.25, 0.3) is 0 Å². The lowest BCUT2D eigenvalue weighted by Crippen LogP contribution is -2.37. The van der Waals surface area contributed by atoms with Gasteiger partial charge in [0.15, 0.2) is 5.82 Å². The van der Waals surface area contributed by atoms with Crippen LogP contribution in [-0.4, -0.2) is 48.8 Å². The number of hydrogen-bond acceptors (Lipinski definition) is 8. The molecule has 1 aromatic carbocycles. The number of ether oxygens (including phenoxy) is 2. The highest BCUT2D eigenvalue weighted by molar-refractivity contribution is 7.20. The molecule has 0 unspecified atom stereocenters. The lowest BCUT2D eigenvalue weighted by Gasteiger charge is -2.28. The van der Waals surface area contributed by atoms with Gasteiger partial charge in [0.2, 0.25) is 0 Å². The van der Waals surface area contributed by atoms with Gasteiger partial charge < -0.3 is 14.4 Å². The second-order valence-corrected chi connectivity index (χ2v) is 7.62. The molecule has 1 aliphatic rings. The Kier molecular flexibility index (Phi) is 5.43. The molecular formula is C21H20N4O3S. The number of rotatable bonds is 4. The van der Waals surface area contributed by atoms with Crippen LogP contribution >= 0.6 is 11.3 Å². The fourth-order valence-corrected chi connectivity index (χ4v) is 4.44. The topological polar surface area (TPSA) is 88.3 Å². The molecular weight excluding hydrogens is 388 g/mol. The second-order valence-electron chi connectivity index (χ2n) is 6.62. The predicted octanol–water partition coefficient (Wildman–Crippen LogP) is 3.55. The number of aromatic nitrogens is 2. The number of carbonyl (C=O) groups excluding carboxylic acids is 1. The number of thiophene rings is 1. The third-order valence-corrected chi connectivity index (χ3v) is 5.96. The lowest BCUT2D eigenvalue weighted by atomic mass is 10.1. The molecule has 148 valence electrons. The van der Waals surface area contributed by atoms with E-state index in [9.17, 15) is 10.1 Å². The fourth-order valence-electron chi connectivity index (χ4n) is 3.37. The Morgan fingerprint density at radius 1 is 1.34 bits per heavy atom. The van der Waals surface area contributed by atoms with E-state index in [4.69, 9.17) is 19.4 Å². The van der Waals surface area contributed by atoms with E-state index in [1.807, 2.05) is 19.1 Å². The van der Waals surface area contributed by atoms with Crippen LogP contribution in [0, 0.1) is 18.3 Å². The molecule has 1 fully saturated rings. The van der Waals surface area contributed by atoms with Crippen molar-refractivity contribution in [2.45, 2.75) is 13.8 Å². The summed E-state index contributed by atoms with van der Waals surface area (Å²) < 4.78 is 10.7. The zero-order chi connectivity index (χ0) is 20.4. The summed E-state index contributed by atoms with van der Waals surface area (Å²) in [6.07, 6.45) is 0. The summed E-state index contributed by atoms with van der Waals surface area (Å²) in [6, 6.07) is 9.38. The first-order valence-corrected chi connectivity index (χ1v) is 10.3. The van der Waals surface area contributed by atoms with Crippen molar-refractivity contribution in [3.05, 3.63) is 40.3 Å². The first-order valence-electron chi connectivity index (χ1n) is 9.44. The average molecular weight is 408 g/mol. The van der Waals surface area contributed by atoms with E-state index in [0.29, 0.717) is 49.2 Å². The van der Waals surface area contributed by atoms with E-state index in [-0.39, 0.29) is 5.97 Å². The Balaban J connectivity index is 1.92. The zero-order valence-electron chi connectivity index (χ0n) is 16.3. The first-order chi connectivity index (χ1) is 14.1. The van der Waals surface area contributed by atoms with Crippen LogP contribution in [0.15, 0.2) is 24.3 Å². The van der Waals surface area contributed by atoms with Crippen molar-refractivity contribution in [3.63, 3.8) is 0 Å². The summed E-state index contributed by atoms with van der Waals surface area (Å²) in [4.78, 5) is 25.5. The van der Waals surface area contributed by atoms with E-state index < -0.39 is 0 Å². The highest BCUT2D eigenvalue weighted by Gasteiger charge is 2.25. The Labute approximate surface area is 172 Å². The molecule has 0 aliphatic carbocycles. The molecule has 0 N–H and O–H groups in total. The minimum Gasteiger partial charge on any atom is -0.462 e. The molecule has 0 radical (unpaired) electrons. The van der Waals surface area contributed by atoms with Crippen molar-refractivity contribution in [1.82, 2.24) is 9.97 Å². The SMILES string of the molecule is CCOC(=O)c1sc2nc(-c3cccc(C#N)c3)nc(N3CCOCC3)c2c1C. The summed E-state index contributed by atoms with van der Waals surface area (Å²) in [5.41, 5.74) is 2.15. The highest BCUT2D eigenvalue weighted by Crippen LogP contribution is 2.37. The maximum Gasteiger partial charge on any atom is 0.348 e. The number of nitriles is 1. The Bertz CT molecular complexity index is 1110. The Morgan fingerprint density at radius 2 is 2.14 bits per heavy atom. The third kappa shape index (κ3) is 3.67. The molecule has 1 aliphatic heterocycles.